The Labute approximate surface area is 157 Å². The first kappa shape index (κ1) is 18.6. The quantitative estimate of drug-likeness (QED) is 0.667. The van der Waals surface area contributed by atoms with Gasteiger partial charge in [0, 0.05) is 11.1 Å². The average Bonchev–Trinajstić information content (AvgIpc) is 2.94. The van der Waals surface area contributed by atoms with Crippen molar-refractivity contribution in [2.45, 2.75) is 42.8 Å². The van der Waals surface area contributed by atoms with Gasteiger partial charge in [-0.05, 0) is 43.3 Å². The van der Waals surface area contributed by atoms with Crippen molar-refractivity contribution in [3.63, 3.8) is 0 Å². The highest BCUT2D eigenvalue weighted by molar-refractivity contribution is 7.99. The van der Waals surface area contributed by atoms with Crippen LogP contribution in [0, 0.1) is 5.82 Å². The SMILES string of the molecule is CNCc1nc(C(C)C)c(Sc2cccc(F)c2)n1Cc1ccccn1. The molecule has 3 rings (SSSR count). The molecule has 2 heterocycles. The van der Waals surface area contributed by atoms with E-state index in [1.54, 1.807) is 30.1 Å². The summed E-state index contributed by atoms with van der Waals surface area (Å²) in [5.41, 5.74) is 2.00. The third-order valence-electron chi connectivity index (χ3n) is 3.96. The Morgan fingerprint density at radius 1 is 1.19 bits per heavy atom. The van der Waals surface area contributed by atoms with Gasteiger partial charge in [0.25, 0.3) is 0 Å². The second-order valence-corrected chi connectivity index (χ2v) is 7.43. The average molecular weight is 370 g/mol. The molecule has 0 radical (unpaired) electrons. The molecule has 4 nitrogen and oxygen atoms in total. The lowest BCUT2D eigenvalue weighted by atomic mass is 10.1. The second kappa shape index (κ2) is 8.47. The molecule has 26 heavy (non-hydrogen) atoms. The Morgan fingerprint density at radius 2 is 2.04 bits per heavy atom. The van der Waals surface area contributed by atoms with Gasteiger partial charge in [-0.25, -0.2) is 9.37 Å². The summed E-state index contributed by atoms with van der Waals surface area (Å²) in [7, 11) is 1.91. The van der Waals surface area contributed by atoms with Gasteiger partial charge >= 0.3 is 0 Å². The summed E-state index contributed by atoms with van der Waals surface area (Å²) in [6.45, 7) is 5.56. The first-order chi connectivity index (χ1) is 12.6. The van der Waals surface area contributed by atoms with Crippen LogP contribution < -0.4 is 5.32 Å². The molecule has 0 unspecified atom stereocenters. The molecular weight excluding hydrogens is 347 g/mol. The number of hydrogen-bond donors (Lipinski definition) is 1. The van der Waals surface area contributed by atoms with E-state index < -0.39 is 0 Å². The number of benzene rings is 1. The largest absolute Gasteiger partial charge is 0.316 e. The maximum Gasteiger partial charge on any atom is 0.124 e. The third kappa shape index (κ3) is 4.31. The predicted octanol–water partition coefficient (Wildman–Crippen LogP) is 4.46. The van der Waals surface area contributed by atoms with Crippen molar-refractivity contribution in [1.29, 1.82) is 0 Å². The molecule has 1 N–H and O–H groups in total. The fraction of sp³-hybridized carbons (Fsp3) is 0.300. The predicted molar refractivity (Wildman–Crippen MR) is 103 cm³/mol. The van der Waals surface area contributed by atoms with Gasteiger partial charge in [0.15, 0.2) is 0 Å². The number of rotatable bonds is 7. The number of imidazole rings is 1. The molecule has 0 saturated carbocycles. The molecule has 0 aliphatic heterocycles. The number of halogens is 1. The highest BCUT2D eigenvalue weighted by Gasteiger charge is 2.20. The van der Waals surface area contributed by atoms with Gasteiger partial charge in [0.2, 0.25) is 0 Å². The van der Waals surface area contributed by atoms with E-state index in [9.17, 15) is 4.39 Å². The summed E-state index contributed by atoms with van der Waals surface area (Å²) in [6.07, 6.45) is 1.80. The van der Waals surface area contributed by atoms with Gasteiger partial charge in [-0.15, -0.1) is 0 Å². The summed E-state index contributed by atoms with van der Waals surface area (Å²) in [5.74, 6) is 1.000. The van der Waals surface area contributed by atoms with E-state index in [2.05, 4.69) is 28.7 Å². The summed E-state index contributed by atoms with van der Waals surface area (Å²) in [4.78, 5) is 10.2. The smallest absolute Gasteiger partial charge is 0.124 e. The zero-order chi connectivity index (χ0) is 18.5. The van der Waals surface area contributed by atoms with Crippen LogP contribution in [-0.2, 0) is 13.1 Å². The Kier molecular flexibility index (Phi) is 6.06. The summed E-state index contributed by atoms with van der Waals surface area (Å²) in [5, 5.41) is 4.23. The topological polar surface area (TPSA) is 42.7 Å². The monoisotopic (exact) mass is 370 g/mol. The third-order valence-corrected chi connectivity index (χ3v) is 5.08. The fourth-order valence-corrected chi connectivity index (χ4v) is 3.95. The van der Waals surface area contributed by atoms with Gasteiger partial charge in [0.1, 0.15) is 16.7 Å². The second-order valence-electron chi connectivity index (χ2n) is 6.37. The van der Waals surface area contributed by atoms with E-state index in [0.717, 1.165) is 27.1 Å². The minimum Gasteiger partial charge on any atom is -0.316 e. The summed E-state index contributed by atoms with van der Waals surface area (Å²) < 4.78 is 15.8. The highest BCUT2D eigenvalue weighted by atomic mass is 32.2. The minimum absolute atomic E-state index is 0.229. The molecule has 0 fully saturated rings. The fourth-order valence-electron chi connectivity index (χ4n) is 2.74. The number of pyridine rings is 1. The maximum absolute atomic E-state index is 13.6. The zero-order valence-electron chi connectivity index (χ0n) is 15.2. The minimum atomic E-state index is -0.229. The molecule has 0 aliphatic carbocycles. The lowest BCUT2D eigenvalue weighted by molar-refractivity contribution is 0.622. The summed E-state index contributed by atoms with van der Waals surface area (Å²) >= 11 is 1.55. The Balaban J connectivity index is 2.06. The van der Waals surface area contributed by atoms with Crippen LogP contribution in [0.25, 0.3) is 0 Å². The van der Waals surface area contributed by atoms with Crippen LogP contribution in [0.3, 0.4) is 0 Å². The van der Waals surface area contributed by atoms with Gasteiger partial charge in [-0.1, -0.05) is 37.7 Å². The summed E-state index contributed by atoms with van der Waals surface area (Å²) in [6, 6.07) is 12.6. The van der Waals surface area contributed by atoms with Gasteiger partial charge < -0.3 is 9.88 Å². The van der Waals surface area contributed by atoms with Crippen molar-refractivity contribution >= 4 is 11.8 Å². The van der Waals surface area contributed by atoms with Crippen molar-refractivity contribution in [1.82, 2.24) is 19.9 Å². The first-order valence-electron chi connectivity index (χ1n) is 8.65. The lowest BCUT2D eigenvalue weighted by Gasteiger charge is -2.13. The molecule has 3 aromatic rings. The van der Waals surface area contributed by atoms with Crippen LogP contribution in [0.5, 0.6) is 0 Å². The molecule has 0 aliphatic rings. The normalized spacial score (nSPS) is 11.3. The number of nitrogens with one attached hydrogen (secondary N) is 1. The van der Waals surface area contributed by atoms with Gasteiger partial charge in [-0.2, -0.15) is 0 Å². The van der Waals surface area contributed by atoms with E-state index >= 15 is 0 Å². The Morgan fingerprint density at radius 3 is 2.69 bits per heavy atom. The van der Waals surface area contributed by atoms with Gasteiger partial charge in [0.05, 0.1) is 24.5 Å². The molecule has 1 aromatic carbocycles. The molecule has 0 amide bonds. The van der Waals surface area contributed by atoms with Crippen LogP contribution in [-0.4, -0.2) is 21.6 Å². The van der Waals surface area contributed by atoms with E-state index in [-0.39, 0.29) is 11.7 Å². The number of hydrogen-bond acceptors (Lipinski definition) is 4. The standard InChI is InChI=1S/C20H23FN4S/c1-14(2)19-20(26-17-9-6-7-15(21)11-17)25(18(24-19)12-22-3)13-16-8-4-5-10-23-16/h4-11,14,22H,12-13H2,1-3H3. The van der Waals surface area contributed by atoms with Crippen molar-refractivity contribution in [2.24, 2.45) is 0 Å². The Bertz CT molecular complexity index is 862. The highest BCUT2D eigenvalue weighted by Crippen LogP contribution is 2.35. The van der Waals surface area contributed by atoms with E-state index in [0.29, 0.717) is 13.1 Å². The molecule has 6 heteroatoms. The molecule has 0 saturated heterocycles. The lowest BCUT2D eigenvalue weighted by Crippen LogP contribution is -2.14. The number of nitrogens with zero attached hydrogens (tertiary/aromatic N) is 3. The molecule has 0 atom stereocenters. The molecule has 136 valence electrons. The van der Waals surface area contributed by atoms with Crippen molar-refractivity contribution in [3.05, 3.63) is 71.7 Å². The van der Waals surface area contributed by atoms with Crippen molar-refractivity contribution < 1.29 is 4.39 Å². The maximum atomic E-state index is 13.6. The van der Waals surface area contributed by atoms with Crippen molar-refractivity contribution in [3.8, 4) is 0 Å². The van der Waals surface area contributed by atoms with Crippen LogP contribution >= 0.6 is 11.8 Å². The van der Waals surface area contributed by atoms with Crippen LogP contribution in [0.15, 0.2) is 58.6 Å². The zero-order valence-corrected chi connectivity index (χ0v) is 16.1. The molecular formula is C20H23FN4S. The van der Waals surface area contributed by atoms with E-state index in [4.69, 9.17) is 4.98 Å². The van der Waals surface area contributed by atoms with Crippen LogP contribution in [0.2, 0.25) is 0 Å². The van der Waals surface area contributed by atoms with E-state index in [1.165, 1.54) is 6.07 Å². The Hall–Kier alpha value is -2.18. The van der Waals surface area contributed by atoms with Gasteiger partial charge in [-0.3, -0.25) is 4.98 Å². The molecule has 0 bridgehead atoms. The molecule has 2 aromatic heterocycles. The molecule has 0 spiro atoms. The number of aromatic nitrogens is 3. The van der Waals surface area contributed by atoms with Crippen LogP contribution in [0.4, 0.5) is 4.39 Å². The van der Waals surface area contributed by atoms with Crippen LogP contribution in [0.1, 0.15) is 37.0 Å². The van der Waals surface area contributed by atoms with E-state index in [1.807, 2.05) is 31.3 Å². The first-order valence-corrected chi connectivity index (χ1v) is 9.47. The van der Waals surface area contributed by atoms with Crippen molar-refractivity contribution in [2.75, 3.05) is 7.05 Å².